The molecule has 1 amide bonds. The number of ether oxygens (including phenoxy) is 2. The Hall–Kier alpha value is -3.17. The Morgan fingerprint density at radius 1 is 1.24 bits per heavy atom. The summed E-state index contributed by atoms with van der Waals surface area (Å²) in [5.74, 6) is -0.0567. The molecule has 2 aromatic heterocycles. The van der Waals surface area contributed by atoms with Gasteiger partial charge in [0.05, 0.1) is 23.4 Å². The minimum atomic E-state index is -0.750. The Kier molecular flexibility index (Phi) is 7.04. The molecule has 0 aliphatic heterocycles. The van der Waals surface area contributed by atoms with Crippen molar-refractivity contribution in [3.63, 3.8) is 0 Å². The van der Waals surface area contributed by atoms with Gasteiger partial charge in [0.15, 0.2) is 0 Å². The van der Waals surface area contributed by atoms with Crippen molar-refractivity contribution in [1.82, 2.24) is 24.9 Å². The molecule has 0 bridgehead atoms. The van der Waals surface area contributed by atoms with E-state index in [2.05, 4.69) is 10.3 Å². The van der Waals surface area contributed by atoms with E-state index in [1.165, 1.54) is 4.90 Å². The number of carboxylic acids is 1. The van der Waals surface area contributed by atoms with Gasteiger partial charge in [-0.1, -0.05) is 5.21 Å². The molecular weight excluding hydrogens is 438 g/mol. The number of amides is 1. The molecule has 0 unspecified atom stereocenters. The van der Waals surface area contributed by atoms with Gasteiger partial charge < -0.3 is 19.5 Å². The summed E-state index contributed by atoms with van der Waals surface area (Å²) in [7, 11) is 3.45. The van der Waals surface area contributed by atoms with Crippen LogP contribution in [0.15, 0.2) is 12.1 Å². The molecule has 0 radical (unpaired) electrons. The fraction of sp³-hybridized carbons (Fsp3) is 0.625. The normalized spacial score (nSPS) is 20.3. The summed E-state index contributed by atoms with van der Waals surface area (Å²) in [5.41, 5.74) is 2.75. The maximum Gasteiger partial charge on any atom is 0.410 e. The first kappa shape index (κ1) is 24.0. The third-order valence-corrected chi connectivity index (χ3v) is 6.70. The predicted octanol–water partition coefficient (Wildman–Crippen LogP) is 3.75. The molecule has 0 aromatic carbocycles. The van der Waals surface area contributed by atoms with E-state index in [4.69, 9.17) is 14.5 Å². The van der Waals surface area contributed by atoms with Crippen LogP contribution in [0, 0.1) is 5.92 Å². The summed E-state index contributed by atoms with van der Waals surface area (Å²) in [6, 6.07) is 3.77. The zero-order chi connectivity index (χ0) is 24.4. The fourth-order valence-corrected chi connectivity index (χ4v) is 4.18. The summed E-state index contributed by atoms with van der Waals surface area (Å²) in [6.07, 6.45) is 4.47. The van der Waals surface area contributed by atoms with E-state index in [1.807, 2.05) is 26.0 Å². The maximum atomic E-state index is 12.3. The molecule has 2 aromatic rings. The van der Waals surface area contributed by atoms with Crippen molar-refractivity contribution in [3.8, 4) is 17.1 Å². The van der Waals surface area contributed by atoms with Crippen LogP contribution in [0.25, 0.3) is 11.4 Å². The molecule has 2 aliphatic rings. The van der Waals surface area contributed by atoms with Crippen molar-refractivity contribution in [2.45, 2.75) is 77.0 Å². The standard InChI is InChI=1S/C24H33N5O5/c1-14(2)28(3)24(32)33-13-19-22(26-27-29(19)4)18-10-11-20(21(25-18)15-8-9-15)34-17-7-5-6-16(12-17)23(30)31/h10-11,14-17H,5-9,12-13H2,1-4H3,(H,30,31)/t16-,17-/m0/s1. The van der Waals surface area contributed by atoms with Crippen molar-refractivity contribution in [2.24, 2.45) is 13.0 Å². The molecule has 34 heavy (non-hydrogen) atoms. The highest BCUT2D eigenvalue weighted by Gasteiger charge is 2.33. The van der Waals surface area contributed by atoms with Gasteiger partial charge in [0.2, 0.25) is 0 Å². The minimum absolute atomic E-state index is 0.0295. The highest BCUT2D eigenvalue weighted by molar-refractivity contribution is 5.70. The number of carbonyl (C=O) groups excluding carboxylic acids is 1. The smallest absolute Gasteiger partial charge is 0.410 e. The van der Waals surface area contributed by atoms with Crippen LogP contribution in [-0.2, 0) is 23.2 Å². The number of carbonyl (C=O) groups is 2. The first-order chi connectivity index (χ1) is 16.2. The van der Waals surface area contributed by atoms with Crippen LogP contribution in [0.1, 0.15) is 69.7 Å². The zero-order valence-corrected chi connectivity index (χ0v) is 20.2. The first-order valence-corrected chi connectivity index (χ1v) is 11.9. The number of nitrogens with zero attached hydrogens (tertiary/aromatic N) is 5. The maximum absolute atomic E-state index is 12.3. The van der Waals surface area contributed by atoms with Crippen molar-refractivity contribution in [2.75, 3.05) is 7.05 Å². The molecule has 2 heterocycles. The van der Waals surface area contributed by atoms with Crippen LogP contribution in [0.3, 0.4) is 0 Å². The summed E-state index contributed by atoms with van der Waals surface area (Å²) in [6.45, 7) is 3.87. The number of carboxylic acid groups (broad SMARTS) is 1. The molecule has 0 saturated heterocycles. The quantitative estimate of drug-likeness (QED) is 0.618. The number of hydrogen-bond acceptors (Lipinski definition) is 7. The number of aromatic nitrogens is 4. The van der Waals surface area contributed by atoms with Crippen LogP contribution in [0.5, 0.6) is 5.75 Å². The Morgan fingerprint density at radius 2 is 2.00 bits per heavy atom. The van der Waals surface area contributed by atoms with Crippen LogP contribution < -0.4 is 4.74 Å². The monoisotopic (exact) mass is 471 g/mol. The fourth-order valence-electron chi connectivity index (χ4n) is 4.18. The van der Waals surface area contributed by atoms with Crippen molar-refractivity contribution < 1.29 is 24.2 Å². The van der Waals surface area contributed by atoms with Gasteiger partial charge in [0, 0.05) is 26.1 Å². The Labute approximate surface area is 199 Å². The lowest BCUT2D eigenvalue weighted by Crippen LogP contribution is -2.33. The molecule has 2 saturated carbocycles. The molecule has 10 heteroatoms. The number of aryl methyl sites for hydroxylation is 1. The second kappa shape index (κ2) is 9.99. The molecule has 184 valence electrons. The summed E-state index contributed by atoms with van der Waals surface area (Å²) in [4.78, 5) is 30.1. The van der Waals surface area contributed by atoms with Crippen LogP contribution >= 0.6 is 0 Å². The molecule has 0 spiro atoms. The lowest BCUT2D eigenvalue weighted by atomic mass is 9.87. The summed E-state index contributed by atoms with van der Waals surface area (Å²) < 4.78 is 13.4. The largest absolute Gasteiger partial charge is 0.488 e. The molecule has 2 atom stereocenters. The molecular formula is C24H33N5O5. The van der Waals surface area contributed by atoms with Gasteiger partial charge in [0.1, 0.15) is 23.7 Å². The predicted molar refractivity (Wildman–Crippen MR) is 123 cm³/mol. The van der Waals surface area contributed by atoms with Gasteiger partial charge in [-0.3, -0.25) is 4.79 Å². The highest BCUT2D eigenvalue weighted by Crippen LogP contribution is 2.44. The number of pyridine rings is 1. The minimum Gasteiger partial charge on any atom is -0.488 e. The van der Waals surface area contributed by atoms with Gasteiger partial charge >= 0.3 is 12.1 Å². The van der Waals surface area contributed by atoms with Gasteiger partial charge in [0.25, 0.3) is 0 Å². The van der Waals surface area contributed by atoms with Crippen LogP contribution in [0.4, 0.5) is 4.79 Å². The number of aliphatic carboxylic acids is 1. The Bertz CT molecular complexity index is 1050. The SMILES string of the molecule is CC(C)N(C)C(=O)OCc1c(-c2ccc(O[C@H]3CCC[C@H](C(=O)O)C3)c(C3CC3)n2)nnn1C. The number of rotatable bonds is 8. The first-order valence-electron chi connectivity index (χ1n) is 11.9. The second-order valence-corrected chi connectivity index (χ2v) is 9.56. The van der Waals surface area contributed by atoms with E-state index < -0.39 is 12.1 Å². The van der Waals surface area contributed by atoms with E-state index in [9.17, 15) is 14.7 Å². The highest BCUT2D eigenvalue weighted by atomic mass is 16.6. The van der Waals surface area contributed by atoms with Crippen molar-refractivity contribution >= 4 is 12.1 Å². The van der Waals surface area contributed by atoms with E-state index in [-0.39, 0.29) is 24.7 Å². The Balaban J connectivity index is 1.53. The van der Waals surface area contributed by atoms with Gasteiger partial charge in [-0.2, -0.15) is 0 Å². The second-order valence-electron chi connectivity index (χ2n) is 9.56. The van der Waals surface area contributed by atoms with E-state index in [1.54, 1.807) is 18.8 Å². The average molecular weight is 472 g/mol. The topological polar surface area (TPSA) is 120 Å². The molecule has 2 aliphatic carbocycles. The lowest BCUT2D eigenvalue weighted by Gasteiger charge is -2.28. The molecule has 1 N–H and O–H groups in total. The van der Waals surface area contributed by atoms with Gasteiger partial charge in [-0.15, -0.1) is 5.10 Å². The van der Waals surface area contributed by atoms with Gasteiger partial charge in [-0.05, 0) is 64.5 Å². The van der Waals surface area contributed by atoms with Crippen molar-refractivity contribution in [1.29, 1.82) is 0 Å². The molecule has 4 rings (SSSR count). The molecule has 2 fully saturated rings. The van der Waals surface area contributed by atoms with E-state index in [0.29, 0.717) is 35.8 Å². The van der Waals surface area contributed by atoms with Crippen LogP contribution in [-0.4, -0.2) is 61.2 Å². The van der Waals surface area contributed by atoms with Crippen molar-refractivity contribution in [3.05, 3.63) is 23.5 Å². The van der Waals surface area contributed by atoms with Crippen LogP contribution in [0.2, 0.25) is 0 Å². The number of hydrogen-bond donors (Lipinski definition) is 1. The van der Waals surface area contributed by atoms with E-state index >= 15 is 0 Å². The Morgan fingerprint density at radius 3 is 2.68 bits per heavy atom. The zero-order valence-electron chi connectivity index (χ0n) is 20.2. The summed E-state index contributed by atoms with van der Waals surface area (Å²) in [5, 5.41) is 17.8. The summed E-state index contributed by atoms with van der Waals surface area (Å²) >= 11 is 0. The van der Waals surface area contributed by atoms with Gasteiger partial charge in [-0.25, -0.2) is 14.5 Å². The average Bonchev–Trinajstić information content (AvgIpc) is 3.60. The third kappa shape index (κ3) is 5.31. The molecule has 10 nitrogen and oxygen atoms in total. The third-order valence-electron chi connectivity index (χ3n) is 6.70. The van der Waals surface area contributed by atoms with E-state index in [0.717, 1.165) is 37.1 Å². The lowest BCUT2D eigenvalue weighted by molar-refractivity contribution is -0.143.